The van der Waals surface area contributed by atoms with Crippen LogP contribution in [-0.2, 0) is 17.9 Å². The smallest absolute Gasteiger partial charge is 0.224 e. The summed E-state index contributed by atoms with van der Waals surface area (Å²) in [5, 5.41) is 0.599. The number of thioether (sulfide) groups is 1. The summed E-state index contributed by atoms with van der Waals surface area (Å²) in [4.78, 5) is 18.0. The first-order valence-electron chi connectivity index (χ1n) is 15.3. The minimum Gasteiger partial charge on any atom is -0.492 e. The SMILES string of the molecule is Br.CCCCCCCCCCCCCCOc1ccc(CN(C(C)=O)c2cccc(CN3C=C(C)SC3)c2)cc1Cl. The highest BCUT2D eigenvalue weighted by Gasteiger charge is 2.16. The highest BCUT2D eigenvalue weighted by Crippen LogP contribution is 2.29. The predicted octanol–water partition coefficient (Wildman–Crippen LogP) is 10.9. The fourth-order valence-electron chi connectivity index (χ4n) is 5.12. The molecular formula is C34H50BrClN2O2S. The van der Waals surface area contributed by atoms with E-state index in [2.05, 4.69) is 37.1 Å². The Labute approximate surface area is 269 Å². The van der Waals surface area contributed by atoms with Crippen molar-refractivity contribution in [2.75, 3.05) is 17.4 Å². The Kier molecular flexibility index (Phi) is 17.6. The quantitative estimate of drug-likeness (QED) is 0.140. The predicted molar refractivity (Wildman–Crippen MR) is 183 cm³/mol. The second-order valence-corrected chi connectivity index (χ2v) is 12.6. The van der Waals surface area contributed by atoms with E-state index in [0.717, 1.165) is 35.8 Å². The zero-order valence-corrected chi connectivity index (χ0v) is 28.6. The number of carbonyl (C=O) groups is 1. The summed E-state index contributed by atoms with van der Waals surface area (Å²) in [6, 6.07) is 14.1. The van der Waals surface area contributed by atoms with Crippen LogP contribution in [0.4, 0.5) is 5.69 Å². The average Bonchev–Trinajstić information content (AvgIpc) is 3.35. The third kappa shape index (κ3) is 13.5. The van der Waals surface area contributed by atoms with Gasteiger partial charge >= 0.3 is 0 Å². The molecule has 0 unspecified atom stereocenters. The van der Waals surface area contributed by atoms with Crippen molar-refractivity contribution in [1.82, 2.24) is 4.90 Å². The Hall–Kier alpha value is -1.63. The summed E-state index contributed by atoms with van der Waals surface area (Å²) in [6.45, 7) is 8.02. The Bertz CT molecular complexity index is 1080. The maximum atomic E-state index is 12.6. The molecule has 1 amide bonds. The summed E-state index contributed by atoms with van der Waals surface area (Å²) < 4.78 is 5.98. The molecule has 2 aromatic rings. The Morgan fingerprint density at radius 1 is 0.927 bits per heavy atom. The summed E-state index contributed by atoms with van der Waals surface area (Å²) in [5.74, 6) is 1.70. The van der Waals surface area contributed by atoms with Crippen LogP contribution in [0.25, 0.3) is 0 Å². The molecule has 3 rings (SSSR count). The van der Waals surface area contributed by atoms with Gasteiger partial charge in [-0.3, -0.25) is 4.79 Å². The van der Waals surface area contributed by atoms with E-state index in [4.69, 9.17) is 16.3 Å². The molecule has 0 atom stereocenters. The van der Waals surface area contributed by atoms with Crippen LogP contribution in [0.15, 0.2) is 53.6 Å². The van der Waals surface area contributed by atoms with E-state index in [9.17, 15) is 4.79 Å². The van der Waals surface area contributed by atoms with Crippen LogP contribution in [-0.4, -0.2) is 23.3 Å². The Balaban J connectivity index is 0.00000588. The molecule has 41 heavy (non-hydrogen) atoms. The second kappa shape index (κ2) is 20.3. The third-order valence-electron chi connectivity index (χ3n) is 7.40. The molecule has 1 aliphatic heterocycles. The van der Waals surface area contributed by atoms with Crippen LogP contribution >= 0.6 is 40.3 Å². The van der Waals surface area contributed by atoms with Crippen molar-refractivity contribution >= 4 is 51.9 Å². The van der Waals surface area contributed by atoms with E-state index in [1.54, 1.807) is 6.92 Å². The van der Waals surface area contributed by atoms with Crippen LogP contribution in [0, 0.1) is 0 Å². The second-order valence-electron chi connectivity index (χ2n) is 11.0. The summed E-state index contributed by atoms with van der Waals surface area (Å²) in [6.07, 6.45) is 18.1. The molecule has 228 valence electrons. The maximum absolute atomic E-state index is 12.6. The zero-order chi connectivity index (χ0) is 28.6. The van der Waals surface area contributed by atoms with Crippen molar-refractivity contribution in [3.05, 3.63) is 69.7 Å². The first-order chi connectivity index (χ1) is 19.5. The molecule has 1 heterocycles. The van der Waals surface area contributed by atoms with Gasteiger partial charge in [-0.15, -0.1) is 28.7 Å². The number of halogens is 2. The van der Waals surface area contributed by atoms with Crippen molar-refractivity contribution in [3.63, 3.8) is 0 Å². The normalized spacial score (nSPS) is 12.7. The van der Waals surface area contributed by atoms with E-state index >= 15 is 0 Å². The number of anilines is 1. The summed E-state index contributed by atoms with van der Waals surface area (Å²) >= 11 is 8.44. The molecule has 0 fully saturated rings. The van der Waals surface area contributed by atoms with Gasteiger partial charge in [0.25, 0.3) is 0 Å². The van der Waals surface area contributed by atoms with E-state index in [1.807, 2.05) is 47.0 Å². The average molecular weight is 666 g/mol. The first kappa shape index (κ1) is 35.6. The first-order valence-corrected chi connectivity index (χ1v) is 16.7. The number of benzene rings is 2. The molecule has 4 nitrogen and oxygen atoms in total. The summed E-state index contributed by atoms with van der Waals surface area (Å²) in [5.41, 5.74) is 3.08. The molecule has 0 N–H and O–H groups in total. The van der Waals surface area contributed by atoms with Crippen molar-refractivity contribution in [2.24, 2.45) is 0 Å². The lowest BCUT2D eigenvalue weighted by atomic mass is 10.1. The van der Waals surface area contributed by atoms with E-state index in [1.165, 1.54) is 81.1 Å². The summed E-state index contributed by atoms with van der Waals surface area (Å²) in [7, 11) is 0. The molecule has 0 aromatic heterocycles. The number of ether oxygens (including phenoxy) is 1. The Morgan fingerprint density at radius 2 is 1.59 bits per heavy atom. The largest absolute Gasteiger partial charge is 0.492 e. The monoisotopic (exact) mass is 664 g/mol. The molecule has 1 aliphatic rings. The van der Waals surface area contributed by atoms with Crippen molar-refractivity contribution in [1.29, 1.82) is 0 Å². The van der Waals surface area contributed by atoms with Crippen molar-refractivity contribution in [3.8, 4) is 5.75 Å². The van der Waals surface area contributed by atoms with Crippen LogP contribution in [0.3, 0.4) is 0 Å². The van der Waals surface area contributed by atoms with Crippen LogP contribution in [0.1, 0.15) is 109 Å². The molecule has 0 saturated carbocycles. The van der Waals surface area contributed by atoms with Crippen molar-refractivity contribution < 1.29 is 9.53 Å². The van der Waals surface area contributed by atoms with Crippen LogP contribution in [0.5, 0.6) is 5.75 Å². The number of amides is 1. The number of carbonyl (C=O) groups excluding carboxylic acids is 1. The Morgan fingerprint density at radius 3 is 2.17 bits per heavy atom. The van der Waals surface area contributed by atoms with E-state index in [0.29, 0.717) is 18.2 Å². The van der Waals surface area contributed by atoms with Crippen LogP contribution in [0.2, 0.25) is 5.02 Å². The maximum Gasteiger partial charge on any atom is 0.224 e. The van der Waals surface area contributed by atoms with Crippen molar-refractivity contribution in [2.45, 2.75) is 111 Å². The fraction of sp³-hybridized carbons (Fsp3) is 0.559. The minimum atomic E-state index is 0. The number of hydrogen-bond acceptors (Lipinski definition) is 4. The molecule has 0 aliphatic carbocycles. The number of allylic oxidation sites excluding steroid dienone is 1. The molecule has 0 radical (unpaired) electrons. The van der Waals surface area contributed by atoms with Gasteiger partial charge in [0.2, 0.25) is 5.91 Å². The number of hydrogen-bond donors (Lipinski definition) is 0. The van der Waals surface area contributed by atoms with Gasteiger partial charge in [0.05, 0.1) is 24.1 Å². The lowest BCUT2D eigenvalue weighted by Gasteiger charge is -2.23. The van der Waals surface area contributed by atoms with E-state index < -0.39 is 0 Å². The number of rotatable bonds is 19. The van der Waals surface area contributed by atoms with Gasteiger partial charge in [-0.05, 0) is 53.6 Å². The standard InChI is InChI=1S/C34H49ClN2O2S.BrH/c1-4-5-6-7-8-9-10-11-12-13-14-15-21-39-34-20-19-31(23-33(34)35)26-37(29(3)38)32-18-16-17-30(22-32)25-36-24-28(2)40-27-36;/h16-20,22-24H,4-15,21,25-27H2,1-3H3;1H. The van der Waals surface area contributed by atoms with Gasteiger partial charge < -0.3 is 14.5 Å². The fourth-order valence-corrected chi connectivity index (χ4v) is 6.13. The lowest BCUT2D eigenvalue weighted by Crippen LogP contribution is -2.28. The number of nitrogens with zero attached hydrogens (tertiary/aromatic N) is 2. The van der Waals surface area contributed by atoms with Crippen LogP contribution < -0.4 is 9.64 Å². The molecular weight excluding hydrogens is 616 g/mol. The highest BCUT2D eigenvalue weighted by atomic mass is 79.9. The molecule has 0 bridgehead atoms. The molecule has 2 aromatic carbocycles. The van der Waals surface area contributed by atoms with Gasteiger partial charge in [-0.25, -0.2) is 0 Å². The minimum absolute atomic E-state index is 0. The topological polar surface area (TPSA) is 32.8 Å². The molecule has 0 saturated heterocycles. The van der Waals surface area contributed by atoms with Gasteiger partial charge in [-0.1, -0.05) is 107 Å². The van der Waals surface area contributed by atoms with E-state index in [-0.39, 0.29) is 22.9 Å². The van der Waals surface area contributed by atoms with Gasteiger partial charge in [-0.2, -0.15) is 0 Å². The van der Waals surface area contributed by atoms with Gasteiger partial charge in [0.1, 0.15) is 5.75 Å². The lowest BCUT2D eigenvalue weighted by molar-refractivity contribution is -0.116. The highest BCUT2D eigenvalue weighted by molar-refractivity contribution is 8.93. The van der Waals surface area contributed by atoms with Gasteiger partial charge in [0, 0.05) is 25.4 Å². The number of unbranched alkanes of at least 4 members (excludes halogenated alkanes) is 11. The zero-order valence-electron chi connectivity index (χ0n) is 25.3. The molecule has 7 heteroatoms. The third-order valence-corrected chi connectivity index (χ3v) is 8.72. The molecule has 0 spiro atoms. The van der Waals surface area contributed by atoms with Gasteiger partial charge in [0.15, 0.2) is 0 Å².